The Kier molecular flexibility index (Phi) is 6.41. The van der Waals surface area contributed by atoms with Crippen LogP contribution in [0, 0.1) is 0 Å². The first-order valence-corrected chi connectivity index (χ1v) is 7.55. The predicted molar refractivity (Wildman–Crippen MR) is 70.0 cm³/mol. The van der Waals surface area contributed by atoms with Gasteiger partial charge in [0, 0.05) is 26.2 Å². The summed E-state index contributed by atoms with van der Waals surface area (Å²) in [6, 6.07) is -0.540. The van der Waals surface area contributed by atoms with Gasteiger partial charge in [-0.15, -0.1) is 0 Å². The summed E-state index contributed by atoms with van der Waals surface area (Å²) in [4.78, 5) is 14.8. The number of piperazine rings is 1. The number of thioether (sulfide) groups is 1. The van der Waals surface area contributed by atoms with Crippen LogP contribution in [0.1, 0.15) is 6.42 Å². The van der Waals surface area contributed by atoms with Gasteiger partial charge in [-0.2, -0.15) is 24.9 Å². The fourth-order valence-electron chi connectivity index (χ4n) is 1.98. The van der Waals surface area contributed by atoms with Gasteiger partial charge >= 0.3 is 6.18 Å². The highest BCUT2D eigenvalue weighted by molar-refractivity contribution is 7.98. The first kappa shape index (κ1) is 16.6. The zero-order valence-electron chi connectivity index (χ0n) is 10.9. The highest BCUT2D eigenvalue weighted by atomic mass is 32.2. The van der Waals surface area contributed by atoms with Crippen LogP contribution in [-0.2, 0) is 4.79 Å². The van der Waals surface area contributed by atoms with Gasteiger partial charge in [0.05, 0.1) is 12.6 Å². The van der Waals surface area contributed by atoms with Gasteiger partial charge in [-0.1, -0.05) is 0 Å². The smallest absolute Gasteiger partial charge is 0.339 e. The van der Waals surface area contributed by atoms with E-state index in [1.54, 1.807) is 16.7 Å². The number of amides is 1. The maximum absolute atomic E-state index is 12.2. The first-order chi connectivity index (χ1) is 8.83. The number of rotatable bonds is 5. The van der Waals surface area contributed by atoms with Crippen LogP contribution in [0.15, 0.2) is 0 Å². The molecule has 1 saturated heterocycles. The summed E-state index contributed by atoms with van der Waals surface area (Å²) in [5, 5.41) is 0. The van der Waals surface area contributed by atoms with E-state index >= 15 is 0 Å². The summed E-state index contributed by atoms with van der Waals surface area (Å²) >= 11 is 1.62. The van der Waals surface area contributed by atoms with Crippen LogP contribution in [0.25, 0.3) is 0 Å². The molecule has 1 rings (SSSR count). The largest absolute Gasteiger partial charge is 0.401 e. The van der Waals surface area contributed by atoms with Crippen molar-refractivity contribution in [3.8, 4) is 0 Å². The van der Waals surface area contributed by atoms with Crippen molar-refractivity contribution in [2.45, 2.75) is 18.6 Å². The molecule has 1 aliphatic rings. The van der Waals surface area contributed by atoms with Gasteiger partial charge in [-0.05, 0) is 18.4 Å². The van der Waals surface area contributed by atoms with Crippen molar-refractivity contribution < 1.29 is 18.0 Å². The van der Waals surface area contributed by atoms with Crippen LogP contribution < -0.4 is 5.73 Å². The molecular weight excluding hydrogens is 279 g/mol. The third-order valence-corrected chi connectivity index (χ3v) is 3.68. The fraction of sp³-hybridized carbons (Fsp3) is 0.909. The zero-order chi connectivity index (χ0) is 14.5. The van der Waals surface area contributed by atoms with E-state index in [1.807, 2.05) is 6.26 Å². The molecule has 19 heavy (non-hydrogen) atoms. The number of nitrogens with zero attached hydrogens (tertiary/aromatic N) is 2. The zero-order valence-corrected chi connectivity index (χ0v) is 11.8. The molecule has 2 N–H and O–H groups in total. The van der Waals surface area contributed by atoms with Gasteiger partial charge in [0.25, 0.3) is 0 Å². The molecule has 0 unspecified atom stereocenters. The molecule has 0 aromatic heterocycles. The third-order valence-electron chi connectivity index (χ3n) is 3.04. The number of alkyl halides is 3. The number of halogens is 3. The predicted octanol–water partition coefficient (Wildman–Crippen LogP) is 0.773. The SMILES string of the molecule is CSCC[C@H](N)C(=O)N1CCN(CC(F)(F)F)CC1. The van der Waals surface area contributed by atoms with E-state index in [1.165, 1.54) is 4.90 Å². The standard InChI is InChI=1S/C11H20F3N3OS/c1-19-7-2-9(15)10(18)17-5-3-16(4-6-17)8-11(12,13)14/h9H,2-8,15H2,1H3/t9-/m0/s1. The van der Waals surface area contributed by atoms with Crippen LogP contribution in [-0.4, -0.2) is 72.7 Å². The molecule has 1 amide bonds. The normalized spacial score (nSPS) is 19.5. The van der Waals surface area contributed by atoms with E-state index < -0.39 is 18.8 Å². The highest BCUT2D eigenvalue weighted by Gasteiger charge is 2.33. The molecule has 1 heterocycles. The van der Waals surface area contributed by atoms with Crippen molar-refractivity contribution >= 4 is 17.7 Å². The van der Waals surface area contributed by atoms with Gasteiger partial charge in [0.2, 0.25) is 5.91 Å². The van der Waals surface area contributed by atoms with Gasteiger partial charge in [-0.25, -0.2) is 0 Å². The average molecular weight is 299 g/mol. The van der Waals surface area contributed by atoms with E-state index in [0.29, 0.717) is 19.5 Å². The Hall–Kier alpha value is -0.470. The summed E-state index contributed by atoms with van der Waals surface area (Å²) in [7, 11) is 0. The van der Waals surface area contributed by atoms with Gasteiger partial charge < -0.3 is 10.6 Å². The van der Waals surface area contributed by atoms with E-state index in [4.69, 9.17) is 5.73 Å². The Balaban J connectivity index is 2.34. The lowest BCUT2D eigenvalue weighted by Crippen LogP contribution is -2.54. The quantitative estimate of drug-likeness (QED) is 0.815. The van der Waals surface area contributed by atoms with Crippen molar-refractivity contribution in [3.63, 3.8) is 0 Å². The van der Waals surface area contributed by atoms with Crippen molar-refractivity contribution in [2.75, 3.05) is 44.7 Å². The van der Waals surface area contributed by atoms with E-state index in [-0.39, 0.29) is 19.0 Å². The lowest BCUT2D eigenvalue weighted by atomic mass is 10.2. The maximum atomic E-state index is 12.2. The number of carbonyl (C=O) groups is 1. The molecule has 0 radical (unpaired) electrons. The molecule has 0 spiro atoms. The monoisotopic (exact) mass is 299 g/mol. The minimum absolute atomic E-state index is 0.152. The van der Waals surface area contributed by atoms with Crippen LogP contribution in [0.4, 0.5) is 13.2 Å². The van der Waals surface area contributed by atoms with E-state index in [9.17, 15) is 18.0 Å². The minimum Gasteiger partial charge on any atom is -0.339 e. The number of hydrogen-bond donors (Lipinski definition) is 1. The van der Waals surface area contributed by atoms with Gasteiger partial charge in [0.15, 0.2) is 0 Å². The molecule has 8 heteroatoms. The second-order valence-electron chi connectivity index (χ2n) is 4.60. The lowest BCUT2D eigenvalue weighted by Gasteiger charge is -2.36. The Morgan fingerprint density at radius 3 is 2.37 bits per heavy atom. The molecule has 0 aromatic rings. The molecule has 1 fully saturated rings. The molecule has 1 atom stereocenters. The topological polar surface area (TPSA) is 49.6 Å². The molecule has 0 aromatic carbocycles. The Labute approximate surface area is 115 Å². The lowest BCUT2D eigenvalue weighted by molar-refractivity contribution is -0.152. The number of carbonyl (C=O) groups excluding carboxylic acids is 1. The van der Waals surface area contributed by atoms with Crippen LogP contribution >= 0.6 is 11.8 Å². The molecule has 0 bridgehead atoms. The Bertz CT molecular complexity index is 293. The van der Waals surface area contributed by atoms with Crippen LogP contribution in [0.3, 0.4) is 0 Å². The summed E-state index contributed by atoms with van der Waals surface area (Å²) in [6.07, 6.45) is -1.64. The number of nitrogens with two attached hydrogens (primary N) is 1. The van der Waals surface area contributed by atoms with Gasteiger partial charge in [0.1, 0.15) is 0 Å². The van der Waals surface area contributed by atoms with Crippen molar-refractivity contribution in [1.29, 1.82) is 0 Å². The van der Waals surface area contributed by atoms with Crippen LogP contribution in [0.2, 0.25) is 0 Å². The number of hydrogen-bond acceptors (Lipinski definition) is 4. The fourth-order valence-corrected chi connectivity index (χ4v) is 2.47. The van der Waals surface area contributed by atoms with Crippen LogP contribution in [0.5, 0.6) is 0 Å². The summed E-state index contributed by atoms with van der Waals surface area (Å²) < 4.78 is 36.7. The Morgan fingerprint density at radius 1 is 1.32 bits per heavy atom. The first-order valence-electron chi connectivity index (χ1n) is 6.16. The highest BCUT2D eigenvalue weighted by Crippen LogP contribution is 2.17. The second kappa shape index (κ2) is 7.35. The third kappa shape index (κ3) is 6.01. The molecular formula is C11H20F3N3OS. The van der Waals surface area contributed by atoms with Crippen molar-refractivity contribution in [3.05, 3.63) is 0 Å². The summed E-state index contributed by atoms with van der Waals surface area (Å²) in [6.45, 7) is 0.234. The Morgan fingerprint density at radius 2 is 1.89 bits per heavy atom. The average Bonchev–Trinajstić information content (AvgIpc) is 2.34. The maximum Gasteiger partial charge on any atom is 0.401 e. The van der Waals surface area contributed by atoms with Crippen molar-refractivity contribution in [2.24, 2.45) is 5.73 Å². The molecule has 4 nitrogen and oxygen atoms in total. The minimum atomic E-state index is -4.18. The van der Waals surface area contributed by atoms with E-state index in [2.05, 4.69) is 0 Å². The molecule has 0 saturated carbocycles. The summed E-state index contributed by atoms with van der Waals surface area (Å²) in [5.74, 6) is 0.654. The summed E-state index contributed by atoms with van der Waals surface area (Å²) in [5.41, 5.74) is 5.77. The van der Waals surface area contributed by atoms with E-state index in [0.717, 1.165) is 5.75 Å². The molecule has 0 aliphatic carbocycles. The van der Waals surface area contributed by atoms with Crippen molar-refractivity contribution in [1.82, 2.24) is 9.80 Å². The second-order valence-corrected chi connectivity index (χ2v) is 5.59. The van der Waals surface area contributed by atoms with Gasteiger partial charge in [-0.3, -0.25) is 9.69 Å². The molecule has 1 aliphatic heterocycles. The molecule has 112 valence electrons.